The van der Waals surface area contributed by atoms with Crippen molar-refractivity contribution in [3.05, 3.63) is 108 Å². The van der Waals surface area contributed by atoms with E-state index in [2.05, 4.69) is 71.9 Å². The number of aliphatic carboxylic acids is 2. The molecule has 4 N–H and O–H groups in total. The first-order valence-electron chi connectivity index (χ1n) is 19.0. The normalized spacial score (nSPS) is 11.4. The highest BCUT2D eigenvalue weighted by Crippen LogP contribution is 2.29. The Kier molecular flexibility index (Phi) is 33.5. The summed E-state index contributed by atoms with van der Waals surface area (Å²) in [5.41, 5.74) is 2.89. The van der Waals surface area contributed by atoms with Crippen LogP contribution in [-0.4, -0.2) is 71.0 Å². The first-order chi connectivity index (χ1) is 26.7. The van der Waals surface area contributed by atoms with Crippen LogP contribution in [0.15, 0.2) is 97.1 Å². The maximum Gasteiger partial charge on any atom is 0.332 e. The van der Waals surface area contributed by atoms with Crippen molar-refractivity contribution >= 4 is 23.9 Å². The quantitative estimate of drug-likeness (QED) is 0.0439. The lowest BCUT2D eigenvalue weighted by atomic mass is 9.81. The van der Waals surface area contributed by atoms with Gasteiger partial charge in [-0.15, -0.1) is 0 Å². The molecule has 0 amide bonds. The fraction of sp³-hybridized carbons (Fsp3) is 0.522. The van der Waals surface area contributed by atoms with Crippen LogP contribution in [0, 0.1) is 16.2 Å². The Hall–Kier alpha value is -4.62. The zero-order valence-corrected chi connectivity index (χ0v) is 37.6. The van der Waals surface area contributed by atoms with E-state index < -0.39 is 17.4 Å². The van der Waals surface area contributed by atoms with Gasteiger partial charge in [-0.2, -0.15) is 0 Å². The van der Waals surface area contributed by atoms with Gasteiger partial charge in [0.2, 0.25) is 0 Å². The Bertz CT molecular complexity index is 1470. The Morgan fingerprint density at radius 3 is 1.21 bits per heavy atom. The summed E-state index contributed by atoms with van der Waals surface area (Å²) in [7, 11) is 2.75. The number of carboxylic acids is 2. The van der Waals surface area contributed by atoms with Gasteiger partial charge >= 0.3 is 23.9 Å². The number of hydrogen-bond acceptors (Lipinski definition) is 10. The van der Waals surface area contributed by atoms with Gasteiger partial charge in [-0.3, -0.25) is 20.1 Å². The molecule has 12 heteroatoms. The van der Waals surface area contributed by atoms with Crippen molar-refractivity contribution in [1.29, 1.82) is 0 Å². The molecular weight excluding hydrogens is 744 g/mol. The molecule has 0 bridgehead atoms. The van der Waals surface area contributed by atoms with Gasteiger partial charge in [0, 0.05) is 24.0 Å². The molecule has 2 rings (SSSR count). The predicted molar refractivity (Wildman–Crippen MR) is 231 cm³/mol. The number of rotatable bonds is 15. The fourth-order valence-electron chi connectivity index (χ4n) is 3.39. The van der Waals surface area contributed by atoms with Crippen LogP contribution in [0.2, 0.25) is 0 Å². The van der Waals surface area contributed by atoms with Crippen molar-refractivity contribution in [2.45, 2.75) is 127 Å². The van der Waals surface area contributed by atoms with E-state index in [9.17, 15) is 19.2 Å². The first-order valence-corrected chi connectivity index (χ1v) is 19.0. The average molecular weight is 819 g/mol. The van der Waals surface area contributed by atoms with Crippen molar-refractivity contribution in [1.82, 2.24) is 0 Å². The molecule has 0 spiro atoms. The molecular formula is C46H74O12. The van der Waals surface area contributed by atoms with Crippen LogP contribution in [0.3, 0.4) is 0 Å². The molecule has 0 aliphatic heterocycles. The molecule has 2 aromatic carbocycles. The SMILES string of the molecule is C=C(C)C(=O)O.C=C(C)C(=O)OC.C=C(C)C(Cc1ccccc1)OO.CCC(C)(C)C(=O)O.CCC(C)(C)C(=O)OC.CCC(C)(C)C(Cc1ccccc1)OO. The second kappa shape index (κ2) is 32.3. The Morgan fingerprint density at radius 2 is 1.02 bits per heavy atom. The number of carbonyl (C=O) groups is 4. The Labute approximate surface area is 348 Å². The van der Waals surface area contributed by atoms with Crippen LogP contribution in [-0.2, 0) is 51.3 Å². The lowest BCUT2D eigenvalue weighted by molar-refractivity contribution is -0.301. The molecule has 0 aliphatic rings. The highest BCUT2D eigenvalue weighted by Gasteiger charge is 2.29. The van der Waals surface area contributed by atoms with Gasteiger partial charge in [0.25, 0.3) is 0 Å². The molecule has 58 heavy (non-hydrogen) atoms. The summed E-state index contributed by atoms with van der Waals surface area (Å²) in [6.45, 7) is 32.5. The molecule has 0 saturated heterocycles. The number of benzene rings is 2. The van der Waals surface area contributed by atoms with Gasteiger partial charge in [0.15, 0.2) is 0 Å². The molecule has 12 nitrogen and oxygen atoms in total. The third-order valence-corrected chi connectivity index (χ3v) is 9.10. The highest BCUT2D eigenvalue weighted by molar-refractivity contribution is 5.86. The van der Waals surface area contributed by atoms with Crippen molar-refractivity contribution in [2.24, 2.45) is 16.2 Å². The van der Waals surface area contributed by atoms with Crippen LogP contribution in [0.5, 0.6) is 0 Å². The number of methoxy groups -OCH3 is 2. The standard InChI is InChI=1S/C13H20O2.C11H14O2.C7H14O2.C6H12O2.C5H8O2.C4H6O2/c1-4-13(2,3)12(15-14)10-11-8-6-5-7-9-11;1-9(2)11(13-12)8-10-6-4-3-5-7-10;1-5-7(2,3)6(8)9-4;1-4-6(2,3)5(7)8;1-4(2)5(6)7-3;1-3(2)4(5)6/h5-9,12,14H,4,10H2,1-3H3;3-7,11-12H,1,8H2,2H3;5H2,1-4H3;4H2,1-3H3,(H,7,8);1H2,2-3H3;1H2,2H3,(H,5,6). The maximum atomic E-state index is 10.8. The second-order valence-corrected chi connectivity index (χ2v) is 15.4. The summed E-state index contributed by atoms with van der Waals surface area (Å²) in [4.78, 5) is 49.8. The maximum absolute atomic E-state index is 10.8. The lowest BCUT2D eigenvalue weighted by Crippen LogP contribution is -2.32. The van der Waals surface area contributed by atoms with E-state index in [1.165, 1.54) is 26.7 Å². The summed E-state index contributed by atoms with van der Waals surface area (Å²) in [5.74, 6) is -2.14. The van der Waals surface area contributed by atoms with Gasteiger partial charge in [0.1, 0.15) is 12.2 Å². The summed E-state index contributed by atoms with van der Waals surface area (Å²) in [5, 5.41) is 33.9. The van der Waals surface area contributed by atoms with E-state index in [1.54, 1.807) is 20.8 Å². The van der Waals surface area contributed by atoms with E-state index in [1.807, 2.05) is 83.1 Å². The number of esters is 2. The molecule has 0 fully saturated rings. The molecule has 0 aromatic heterocycles. The minimum Gasteiger partial charge on any atom is -0.481 e. The molecule has 0 heterocycles. The smallest absolute Gasteiger partial charge is 0.332 e. The molecule has 2 unspecified atom stereocenters. The molecule has 0 aliphatic carbocycles. The van der Waals surface area contributed by atoms with E-state index in [-0.39, 0.29) is 40.5 Å². The Morgan fingerprint density at radius 1 is 0.621 bits per heavy atom. The second-order valence-electron chi connectivity index (χ2n) is 15.4. The zero-order valence-electron chi connectivity index (χ0n) is 37.6. The summed E-state index contributed by atoms with van der Waals surface area (Å²) in [6.07, 6.45) is 3.44. The summed E-state index contributed by atoms with van der Waals surface area (Å²) in [6, 6.07) is 20.0. The average Bonchev–Trinajstić information content (AvgIpc) is 3.19. The highest BCUT2D eigenvalue weighted by atomic mass is 17.1. The lowest BCUT2D eigenvalue weighted by Gasteiger charge is -2.30. The van der Waals surface area contributed by atoms with Gasteiger partial charge in [-0.05, 0) is 89.8 Å². The van der Waals surface area contributed by atoms with Gasteiger partial charge < -0.3 is 19.7 Å². The minimum absolute atomic E-state index is 0.00933. The molecule has 330 valence electrons. The van der Waals surface area contributed by atoms with Gasteiger partial charge in [0.05, 0.1) is 25.0 Å². The third-order valence-electron chi connectivity index (χ3n) is 9.10. The van der Waals surface area contributed by atoms with Crippen molar-refractivity contribution in [2.75, 3.05) is 14.2 Å². The number of hydrogen-bond donors (Lipinski definition) is 4. The van der Waals surface area contributed by atoms with E-state index in [4.69, 9.17) is 20.7 Å². The van der Waals surface area contributed by atoms with Crippen LogP contribution in [0.1, 0.15) is 113 Å². The van der Waals surface area contributed by atoms with Gasteiger partial charge in [-0.25, -0.2) is 19.4 Å². The largest absolute Gasteiger partial charge is 0.481 e. The van der Waals surface area contributed by atoms with Crippen molar-refractivity contribution in [3.8, 4) is 0 Å². The van der Waals surface area contributed by atoms with Crippen LogP contribution in [0.25, 0.3) is 0 Å². The topological polar surface area (TPSA) is 186 Å². The summed E-state index contributed by atoms with van der Waals surface area (Å²) >= 11 is 0. The van der Waals surface area contributed by atoms with Crippen molar-refractivity contribution in [3.63, 3.8) is 0 Å². The number of ether oxygens (including phenoxy) is 2. The zero-order chi connectivity index (χ0) is 46.3. The number of carbonyl (C=O) groups excluding carboxylic acids is 2. The van der Waals surface area contributed by atoms with Crippen LogP contribution in [0.4, 0.5) is 0 Å². The molecule has 2 atom stereocenters. The van der Waals surface area contributed by atoms with E-state index in [0.29, 0.717) is 18.4 Å². The molecule has 2 aromatic rings. The van der Waals surface area contributed by atoms with E-state index in [0.717, 1.165) is 30.4 Å². The van der Waals surface area contributed by atoms with Crippen LogP contribution >= 0.6 is 0 Å². The fourth-order valence-corrected chi connectivity index (χ4v) is 3.39. The third kappa shape index (κ3) is 29.6. The predicted octanol–water partition coefficient (Wildman–Crippen LogP) is 10.7. The van der Waals surface area contributed by atoms with Crippen molar-refractivity contribution < 1.29 is 59.2 Å². The number of carboxylic acid groups (broad SMARTS) is 2. The van der Waals surface area contributed by atoms with E-state index >= 15 is 0 Å². The summed E-state index contributed by atoms with van der Waals surface area (Å²) < 4.78 is 8.84. The molecule has 0 saturated carbocycles. The minimum atomic E-state index is -0.935. The van der Waals surface area contributed by atoms with Crippen LogP contribution < -0.4 is 0 Å². The molecule has 0 radical (unpaired) electrons. The first kappa shape index (κ1) is 60.1. The monoisotopic (exact) mass is 819 g/mol. The Balaban J connectivity index is -0.000000312. The van der Waals surface area contributed by atoms with Gasteiger partial charge in [-0.1, -0.05) is 115 Å².